The van der Waals surface area contributed by atoms with Crippen LogP contribution in [0.4, 0.5) is 0 Å². The largest absolute Gasteiger partial charge is 0.411 e. The van der Waals surface area contributed by atoms with Crippen LogP contribution >= 0.6 is 0 Å². The zero-order valence-electron chi connectivity index (χ0n) is 19.0. The molecule has 32 heavy (non-hydrogen) atoms. The molecule has 0 aliphatic carbocycles. The molecule has 0 atom stereocenters. The molecule has 0 aliphatic rings. The van der Waals surface area contributed by atoms with E-state index in [1.54, 1.807) is 27.7 Å². The number of aryl methyl sites for hydroxylation is 2. The summed E-state index contributed by atoms with van der Waals surface area (Å²) in [5.41, 5.74) is 3.56. The van der Waals surface area contributed by atoms with Gasteiger partial charge < -0.3 is 31.2 Å². The van der Waals surface area contributed by atoms with Crippen molar-refractivity contribution in [1.29, 1.82) is 0 Å². The molecule has 2 aromatic heterocycles. The summed E-state index contributed by atoms with van der Waals surface area (Å²) in [6, 6.07) is 0. The van der Waals surface area contributed by atoms with E-state index in [1.165, 1.54) is 27.7 Å². The molecule has 0 aliphatic heterocycles. The SMILES string of the molecule is CC(=N/O)/C(C)=N/O.CC(=N/O)/C(C)=N/O.Cc1no[n+]([O-])c1C.Cc1no[n+]([O-])c1C. The zero-order chi connectivity index (χ0) is 25.4. The Morgan fingerprint density at radius 3 is 0.906 bits per heavy atom. The summed E-state index contributed by atoms with van der Waals surface area (Å²) in [4.78, 5) is 0.769. The molecule has 0 unspecified atom stereocenters. The van der Waals surface area contributed by atoms with Crippen molar-refractivity contribution in [1.82, 2.24) is 10.3 Å². The highest BCUT2D eigenvalue weighted by Gasteiger charge is 2.06. The summed E-state index contributed by atoms with van der Waals surface area (Å²) in [5, 5.41) is 70.7. The van der Waals surface area contributed by atoms with Crippen LogP contribution in [0, 0.1) is 38.1 Å². The molecule has 0 radical (unpaired) electrons. The minimum Gasteiger partial charge on any atom is -0.411 e. The van der Waals surface area contributed by atoms with E-state index in [0.29, 0.717) is 55.4 Å². The zero-order valence-corrected chi connectivity index (χ0v) is 19.0. The lowest BCUT2D eigenvalue weighted by molar-refractivity contribution is -0.807. The molecule has 4 N–H and O–H groups in total. The molecule has 0 fully saturated rings. The monoisotopic (exact) mass is 460 g/mol. The maximum absolute atomic E-state index is 10.3. The molecular formula is C16H28N8O8. The lowest BCUT2D eigenvalue weighted by Gasteiger charge is -1.88. The molecule has 0 bridgehead atoms. The lowest BCUT2D eigenvalue weighted by Crippen LogP contribution is -2.25. The Labute approximate surface area is 183 Å². The Balaban J connectivity index is 0. The van der Waals surface area contributed by atoms with Gasteiger partial charge in [-0.1, -0.05) is 20.6 Å². The van der Waals surface area contributed by atoms with Crippen LogP contribution in [0.2, 0.25) is 0 Å². The second-order valence-corrected chi connectivity index (χ2v) is 5.94. The van der Waals surface area contributed by atoms with Crippen LogP contribution in [0.15, 0.2) is 29.9 Å². The van der Waals surface area contributed by atoms with Gasteiger partial charge in [0.15, 0.2) is 11.4 Å². The van der Waals surface area contributed by atoms with Crippen LogP contribution in [0.3, 0.4) is 0 Å². The van der Waals surface area contributed by atoms with Crippen molar-refractivity contribution in [2.24, 2.45) is 20.6 Å². The number of aromatic nitrogens is 4. The average Bonchev–Trinajstić information content (AvgIpc) is 3.27. The first kappa shape index (κ1) is 30.0. The van der Waals surface area contributed by atoms with Gasteiger partial charge in [-0.3, -0.25) is 9.26 Å². The van der Waals surface area contributed by atoms with Crippen LogP contribution < -0.4 is 9.81 Å². The van der Waals surface area contributed by atoms with Gasteiger partial charge in [-0.05, 0) is 37.5 Å². The van der Waals surface area contributed by atoms with Gasteiger partial charge in [-0.2, -0.15) is 0 Å². The Bertz CT molecular complexity index is 799. The number of rotatable bonds is 2. The van der Waals surface area contributed by atoms with Crippen molar-refractivity contribution in [3.05, 3.63) is 33.2 Å². The molecule has 16 nitrogen and oxygen atoms in total. The van der Waals surface area contributed by atoms with Crippen molar-refractivity contribution in [2.45, 2.75) is 55.4 Å². The molecule has 2 heterocycles. The second-order valence-electron chi connectivity index (χ2n) is 5.94. The normalized spacial score (nSPS) is 12.0. The van der Waals surface area contributed by atoms with Crippen molar-refractivity contribution >= 4 is 22.8 Å². The fourth-order valence-electron chi connectivity index (χ4n) is 1.00. The highest BCUT2D eigenvalue weighted by molar-refractivity contribution is 6.40. The fraction of sp³-hybridized carbons (Fsp3) is 0.500. The van der Waals surface area contributed by atoms with E-state index in [-0.39, 0.29) is 0 Å². The van der Waals surface area contributed by atoms with Crippen LogP contribution in [0.25, 0.3) is 0 Å². The highest BCUT2D eigenvalue weighted by atomic mass is 16.8. The summed E-state index contributed by atoms with van der Waals surface area (Å²) in [7, 11) is 0. The van der Waals surface area contributed by atoms with Crippen molar-refractivity contribution < 1.29 is 39.9 Å². The Morgan fingerprint density at radius 1 is 0.625 bits per heavy atom. The molecule has 0 amide bonds. The van der Waals surface area contributed by atoms with Gasteiger partial charge in [0.05, 0.1) is 0 Å². The maximum atomic E-state index is 10.3. The third kappa shape index (κ3) is 11.1. The van der Waals surface area contributed by atoms with Gasteiger partial charge in [0.2, 0.25) is 11.4 Å². The first-order valence-corrected chi connectivity index (χ1v) is 8.68. The molecule has 2 rings (SSSR count). The predicted molar refractivity (Wildman–Crippen MR) is 109 cm³/mol. The molecule has 0 saturated carbocycles. The van der Waals surface area contributed by atoms with E-state index in [2.05, 4.69) is 40.2 Å². The Morgan fingerprint density at radius 2 is 0.844 bits per heavy atom. The third-order valence-corrected chi connectivity index (χ3v) is 3.75. The standard InChI is InChI=1S/2C4H6N2O2.2C4H8N2O2/c2*1-3-4(2)6(7)8-5-3;2*1-3(5-7)4(2)6-8/h2*1-2H3;2*7-8H,1-2H3/b;;2*5-3-,6-4+. The molecular weight excluding hydrogens is 432 g/mol. The lowest BCUT2D eigenvalue weighted by atomic mass is 10.3. The van der Waals surface area contributed by atoms with E-state index in [0.717, 1.165) is 0 Å². The molecule has 2 aromatic rings. The van der Waals surface area contributed by atoms with E-state index in [9.17, 15) is 10.4 Å². The predicted octanol–water partition coefficient (Wildman–Crippen LogP) is 1.22. The van der Waals surface area contributed by atoms with Gasteiger partial charge in [0, 0.05) is 38.0 Å². The molecule has 16 heteroatoms. The van der Waals surface area contributed by atoms with Crippen LogP contribution in [0.1, 0.15) is 50.5 Å². The highest BCUT2D eigenvalue weighted by Crippen LogP contribution is 1.93. The van der Waals surface area contributed by atoms with Gasteiger partial charge in [0.25, 0.3) is 0 Å². The van der Waals surface area contributed by atoms with Crippen LogP contribution in [-0.4, -0.2) is 54.0 Å². The fourth-order valence-corrected chi connectivity index (χ4v) is 1.00. The topological polar surface area (TPSA) is 236 Å². The van der Waals surface area contributed by atoms with Crippen molar-refractivity contribution in [2.75, 3.05) is 0 Å². The van der Waals surface area contributed by atoms with Crippen molar-refractivity contribution in [3.8, 4) is 0 Å². The minimum atomic E-state index is 0.313. The van der Waals surface area contributed by atoms with E-state index < -0.39 is 0 Å². The summed E-state index contributed by atoms with van der Waals surface area (Å²) in [5.74, 6) is 0. The van der Waals surface area contributed by atoms with Crippen LogP contribution in [0.5, 0.6) is 0 Å². The van der Waals surface area contributed by atoms with E-state index >= 15 is 0 Å². The average molecular weight is 460 g/mol. The number of nitrogens with zero attached hydrogens (tertiary/aromatic N) is 8. The van der Waals surface area contributed by atoms with E-state index in [4.69, 9.17) is 20.8 Å². The quantitative estimate of drug-likeness (QED) is 0.216. The van der Waals surface area contributed by atoms with Gasteiger partial charge >= 0.3 is 0 Å². The molecule has 0 aromatic carbocycles. The smallest absolute Gasteiger partial charge is 0.217 e. The maximum Gasteiger partial charge on any atom is 0.217 e. The minimum absolute atomic E-state index is 0.313. The van der Waals surface area contributed by atoms with Crippen LogP contribution in [-0.2, 0) is 0 Å². The molecule has 180 valence electrons. The first-order chi connectivity index (χ1) is 14.9. The molecule has 0 spiro atoms. The molecule has 0 saturated heterocycles. The summed E-state index contributed by atoms with van der Waals surface area (Å²) < 4.78 is 8.41. The van der Waals surface area contributed by atoms with Gasteiger partial charge in [-0.25, -0.2) is 0 Å². The number of oxime groups is 4. The summed E-state index contributed by atoms with van der Waals surface area (Å²) in [6.07, 6.45) is 0. The summed E-state index contributed by atoms with van der Waals surface area (Å²) in [6.45, 7) is 12.9. The Hall–Kier alpha value is -4.24. The number of hydrogen-bond acceptors (Lipinski definition) is 14. The van der Waals surface area contributed by atoms with Gasteiger partial charge in [0.1, 0.15) is 22.8 Å². The number of hydrogen-bond donors (Lipinski definition) is 4. The first-order valence-electron chi connectivity index (χ1n) is 8.68. The third-order valence-electron chi connectivity index (χ3n) is 3.75. The van der Waals surface area contributed by atoms with E-state index in [1.807, 2.05) is 0 Å². The second kappa shape index (κ2) is 15.6. The van der Waals surface area contributed by atoms with Crippen molar-refractivity contribution in [3.63, 3.8) is 0 Å². The summed E-state index contributed by atoms with van der Waals surface area (Å²) >= 11 is 0. The Kier molecular flexibility index (Phi) is 14.6. The van der Waals surface area contributed by atoms with Gasteiger partial charge in [-0.15, -0.1) is 0 Å².